The lowest BCUT2D eigenvalue weighted by molar-refractivity contribution is 0.329. The highest BCUT2D eigenvalue weighted by Crippen LogP contribution is 2.23. The standard InChI is InChI=1S/C13H27N3/c1-10(2)9-15-13(14-4)16-12-7-5-11(3)6-8-12/h10-12H,5-9H2,1-4H3,(H2,14,15,16). The van der Waals surface area contributed by atoms with E-state index in [0.717, 1.165) is 18.4 Å². The summed E-state index contributed by atoms with van der Waals surface area (Å²) in [5, 5.41) is 6.89. The van der Waals surface area contributed by atoms with Crippen LogP contribution in [0.15, 0.2) is 4.99 Å². The predicted octanol–water partition coefficient (Wildman–Crippen LogP) is 2.39. The van der Waals surface area contributed by atoms with Gasteiger partial charge >= 0.3 is 0 Å². The molecular weight excluding hydrogens is 198 g/mol. The van der Waals surface area contributed by atoms with E-state index in [9.17, 15) is 0 Å². The minimum Gasteiger partial charge on any atom is -0.356 e. The molecule has 0 heterocycles. The molecule has 1 fully saturated rings. The Labute approximate surface area is 100 Å². The largest absolute Gasteiger partial charge is 0.356 e. The van der Waals surface area contributed by atoms with Crippen molar-refractivity contribution in [1.82, 2.24) is 10.6 Å². The van der Waals surface area contributed by atoms with Crippen LogP contribution in [0.25, 0.3) is 0 Å². The second-order valence-corrected chi connectivity index (χ2v) is 5.45. The van der Waals surface area contributed by atoms with Gasteiger partial charge in [0.1, 0.15) is 0 Å². The third-order valence-electron chi connectivity index (χ3n) is 3.26. The molecule has 94 valence electrons. The number of hydrogen-bond acceptors (Lipinski definition) is 1. The first kappa shape index (κ1) is 13.3. The molecule has 0 atom stereocenters. The zero-order valence-corrected chi connectivity index (χ0v) is 11.2. The summed E-state index contributed by atoms with van der Waals surface area (Å²) in [6.45, 7) is 7.76. The quantitative estimate of drug-likeness (QED) is 0.571. The van der Waals surface area contributed by atoms with E-state index in [1.54, 1.807) is 0 Å². The Morgan fingerprint density at radius 2 is 1.88 bits per heavy atom. The number of nitrogens with one attached hydrogen (secondary N) is 2. The molecule has 1 rings (SSSR count). The van der Waals surface area contributed by atoms with Gasteiger partial charge in [0.25, 0.3) is 0 Å². The number of aliphatic imine (C=N–C) groups is 1. The first-order valence-corrected chi connectivity index (χ1v) is 6.59. The molecule has 0 aliphatic heterocycles. The van der Waals surface area contributed by atoms with Gasteiger partial charge in [0.2, 0.25) is 0 Å². The molecule has 0 saturated heterocycles. The van der Waals surface area contributed by atoms with Crippen LogP contribution in [0.1, 0.15) is 46.5 Å². The van der Waals surface area contributed by atoms with Gasteiger partial charge in [-0.3, -0.25) is 4.99 Å². The highest BCUT2D eigenvalue weighted by Gasteiger charge is 2.18. The zero-order valence-electron chi connectivity index (χ0n) is 11.2. The molecule has 0 bridgehead atoms. The Morgan fingerprint density at radius 1 is 1.25 bits per heavy atom. The fourth-order valence-corrected chi connectivity index (χ4v) is 2.09. The number of rotatable bonds is 3. The summed E-state index contributed by atoms with van der Waals surface area (Å²) in [4.78, 5) is 4.27. The summed E-state index contributed by atoms with van der Waals surface area (Å²) in [7, 11) is 1.85. The van der Waals surface area contributed by atoms with Crippen molar-refractivity contribution in [3.8, 4) is 0 Å². The molecule has 3 nitrogen and oxygen atoms in total. The van der Waals surface area contributed by atoms with Gasteiger partial charge in [0, 0.05) is 19.6 Å². The van der Waals surface area contributed by atoms with Gasteiger partial charge in [-0.2, -0.15) is 0 Å². The third-order valence-corrected chi connectivity index (χ3v) is 3.26. The van der Waals surface area contributed by atoms with E-state index in [0.29, 0.717) is 12.0 Å². The Morgan fingerprint density at radius 3 is 2.38 bits per heavy atom. The molecule has 0 aromatic rings. The molecule has 0 radical (unpaired) electrons. The summed E-state index contributed by atoms with van der Waals surface area (Å²) in [5.74, 6) is 2.53. The van der Waals surface area contributed by atoms with Crippen molar-refractivity contribution in [3.63, 3.8) is 0 Å². The fourth-order valence-electron chi connectivity index (χ4n) is 2.09. The van der Waals surface area contributed by atoms with Crippen LogP contribution in [-0.4, -0.2) is 25.6 Å². The first-order valence-electron chi connectivity index (χ1n) is 6.59. The molecule has 1 aliphatic carbocycles. The fraction of sp³-hybridized carbons (Fsp3) is 0.923. The first-order chi connectivity index (χ1) is 7.61. The zero-order chi connectivity index (χ0) is 12.0. The Balaban J connectivity index is 2.28. The van der Waals surface area contributed by atoms with Crippen LogP contribution in [0.3, 0.4) is 0 Å². The van der Waals surface area contributed by atoms with Crippen LogP contribution in [0.4, 0.5) is 0 Å². The normalized spacial score (nSPS) is 26.9. The van der Waals surface area contributed by atoms with Crippen LogP contribution < -0.4 is 10.6 Å². The van der Waals surface area contributed by atoms with Gasteiger partial charge < -0.3 is 10.6 Å². The second-order valence-electron chi connectivity index (χ2n) is 5.45. The highest BCUT2D eigenvalue weighted by molar-refractivity contribution is 5.79. The van der Waals surface area contributed by atoms with Gasteiger partial charge in [0.05, 0.1) is 0 Å². The molecule has 1 saturated carbocycles. The maximum atomic E-state index is 4.27. The van der Waals surface area contributed by atoms with Crippen molar-refractivity contribution in [2.75, 3.05) is 13.6 Å². The lowest BCUT2D eigenvalue weighted by Crippen LogP contribution is -2.45. The van der Waals surface area contributed by atoms with Gasteiger partial charge in [-0.15, -0.1) is 0 Å². The molecule has 0 aromatic heterocycles. The lowest BCUT2D eigenvalue weighted by Gasteiger charge is -2.28. The molecule has 0 unspecified atom stereocenters. The van der Waals surface area contributed by atoms with Crippen molar-refractivity contribution < 1.29 is 0 Å². The summed E-state index contributed by atoms with van der Waals surface area (Å²) in [6, 6.07) is 0.620. The predicted molar refractivity (Wildman–Crippen MR) is 70.8 cm³/mol. The van der Waals surface area contributed by atoms with E-state index in [4.69, 9.17) is 0 Å². The second kappa shape index (κ2) is 6.77. The molecule has 0 spiro atoms. The van der Waals surface area contributed by atoms with Crippen LogP contribution in [0.5, 0.6) is 0 Å². The third kappa shape index (κ3) is 4.86. The molecule has 1 aliphatic rings. The number of nitrogens with zero attached hydrogens (tertiary/aromatic N) is 1. The average molecular weight is 225 g/mol. The summed E-state index contributed by atoms with van der Waals surface area (Å²) >= 11 is 0. The van der Waals surface area contributed by atoms with Gasteiger partial charge in [-0.1, -0.05) is 20.8 Å². The van der Waals surface area contributed by atoms with E-state index < -0.39 is 0 Å². The minimum absolute atomic E-state index is 0.620. The van der Waals surface area contributed by atoms with E-state index in [2.05, 4.69) is 36.4 Å². The molecule has 0 amide bonds. The molecule has 0 aromatic carbocycles. The molecule has 2 N–H and O–H groups in total. The van der Waals surface area contributed by atoms with Crippen molar-refractivity contribution in [3.05, 3.63) is 0 Å². The summed E-state index contributed by atoms with van der Waals surface area (Å²) < 4.78 is 0. The van der Waals surface area contributed by atoms with Crippen LogP contribution in [0, 0.1) is 11.8 Å². The van der Waals surface area contributed by atoms with E-state index >= 15 is 0 Å². The summed E-state index contributed by atoms with van der Waals surface area (Å²) in [5.41, 5.74) is 0. The molecule has 16 heavy (non-hydrogen) atoms. The Bertz CT molecular complexity index is 215. The van der Waals surface area contributed by atoms with Gasteiger partial charge in [0.15, 0.2) is 5.96 Å². The topological polar surface area (TPSA) is 36.4 Å². The van der Waals surface area contributed by atoms with Crippen molar-refractivity contribution in [2.24, 2.45) is 16.8 Å². The van der Waals surface area contributed by atoms with Crippen molar-refractivity contribution >= 4 is 5.96 Å². The SMILES string of the molecule is CN=C(NCC(C)C)NC1CCC(C)CC1. The Kier molecular flexibility index (Phi) is 5.64. The maximum Gasteiger partial charge on any atom is 0.191 e. The van der Waals surface area contributed by atoms with Gasteiger partial charge in [-0.25, -0.2) is 0 Å². The van der Waals surface area contributed by atoms with E-state index in [-0.39, 0.29) is 0 Å². The summed E-state index contributed by atoms with van der Waals surface area (Å²) in [6.07, 6.45) is 5.25. The van der Waals surface area contributed by atoms with Crippen molar-refractivity contribution in [2.45, 2.75) is 52.5 Å². The van der Waals surface area contributed by atoms with E-state index in [1.807, 2.05) is 7.05 Å². The van der Waals surface area contributed by atoms with Crippen LogP contribution in [-0.2, 0) is 0 Å². The van der Waals surface area contributed by atoms with E-state index in [1.165, 1.54) is 25.7 Å². The smallest absolute Gasteiger partial charge is 0.191 e. The minimum atomic E-state index is 0.620. The molecular formula is C13H27N3. The highest BCUT2D eigenvalue weighted by atomic mass is 15.2. The Hall–Kier alpha value is -0.730. The number of guanidine groups is 1. The number of hydrogen-bond donors (Lipinski definition) is 2. The van der Waals surface area contributed by atoms with Gasteiger partial charge in [-0.05, 0) is 37.5 Å². The monoisotopic (exact) mass is 225 g/mol. The lowest BCUT2D eigenvalue weighted by atomic mass is 9.87. The average Bonchev–Trinajstić information content (AvgIpc) is 2.26. The van der Waals surface area contributed by atoms with Crippen molar-refractivity contribution in [1.29, 1.82) is 0 Å². The van der Waals surface area contributed by atoms with Crippen LogP contribution >= 0.6 is 0 Å². The van der Waals surface area contributed by atoms with Crippen LogP contribution in [0.2, 0.25) is 0 Å². The molecule has 3 heteroatoms. The maximum absolute atomic E-state index is 4.27.